The van der Waals surface area contributed by atoms with Crippen LogP contribution in [0, 0.1) is 17.5 Å². The zero-order valence-corrected chi connectivity index (χ0v) is 36.4. The highest BCUT2D eigenvalue weighted by Crippen LogP contribution is 2.35. The van der Waals surface area contributed by atoms with Crippen molar-refractivity contribution in [2.24, 2.45) is 0 Å². The zero-order valence-electron chi connectivity index (χ0n) is 35.6. The number of carbonyl (C=O) groups is 1. The van der Waals surface area contributed by atoms with E-state index in [9.17, 15) is 30.9 Å². The van der Waals surface area contributed by atoms with Gasteiger partial charge < -0.3 is 42.4 Å². The Labute approximate surface area is 364 Å². The number of ether oxygens (including phenoxy) is 8. The van der Waals surface area contributed by atoms with Crippen LogP contribution in [0.1, 0.15) is 41.5 Å². The number of hydrogen-bond donors (Lipinski definition) is 0. The molecule has 0 saturated heterocycles. The van der Waals surface area contributed by atoms with Crippen molar-refractivity contribution in [1.82, 2.24) is 0 Å². The van der Waals surface area contributed by atoms with Crippen LogP contribution in [0.4, 0.5) is 18.0 Å². The minimum Gasteiger partial charge on any atom is -0.744 e. The average Bonchev–Trinajstić information content (AvgIpc) is 3.21. The molecule has 0 aliphatic heterocycles. The minimum atomic E-state index is -5.45. The van der Waals surface area contributed by atoms with Gasteiger partial charge in [-0.05, 0) is 142 Å². The second kappa shape index (κ2) is 20.7. The fraction of sp³-hybridized carbons (Fsp3) is 0.298. The third-order valence-electron chi connectivity index (χ3n) is 8.44. The molecule has 0 N–H and O–H groups in total. The summed E-state index contributed by atoms with van der Waals surface area (Å²) in [7, 11) is -5.45. The van der Waals surface area contributed by atoms with E-state index >= 15 is 0 Å². The molecule has 63 heavy (non-hydrogen) atoms. The summed E-state index contributed by atoms with van der Waals surface area (Å²) in [5, 5.41) is 0. The number of benzene rings is 5. The van der Waals surface area contributed by atoms with E-state index in [0.29, 0.717) is 17.2 Å². The van der Waals surface area contributed by atoms with Crippen LogP contribution >= 0.6 is 0 Å². The first-order valence-electron chi connectivity index (χ1n) is 19.6. The first-order valence-corrected chi connectivity index (χ1v) is 21.0. The second-order valence-corrected chi connectivity index (χ2v) is 17.1. The lowest BCUT2D eigenvalue weighted by molar-refractivity contribution is -0.0473. The monoisotopic (exact) mass is 893 g/mol. The Morgan fingerprint density at radius 1 is 0.540 bits per heavy atom. The Kier molecular flexibility index (Phi) is 15.6. The van der Waals surface area contributed by atoms with E-state index in [1.165, 1.54) is 0 Å². The lowest BCUT2D eigenvalue weighted by atomic mass is 9.93. The Morgan fingerprint density at radius 2 is 0.921 bits per heavy atom. The van der Waals surface area contributed by atoms with Crippen LogP contribution in [0.5, 0.6) is 23.0 Å². The summed E-state index contributed by atoms with van der Waals surface area (Å²) in [6, 6.07) is 28.3. The van der Waals surface area contributed by atoms with Crippen molar-refractivity contribution in [3.8, 4) is 56.4 Å². The van der Waals surface area contributed by atoms with Crippen LogP contribution in [0.2, 0.25) is 0 Å². The lowest BCUT2D eigenvalue weighted by Crippen LogP contribution is -2.25. The molecule has 5 aromatic rings. The van der Waals surface area contributed by atoms with Crippen molar-refractivity contribution in [2.45, 2.75) is 57.6 Å². The molecule has 0 saturated carbocycles. The van der Waals surface area contributed by atoms with Crippen molar-refractivity contribution in [1.29, 1.82) is 0 Å². The minimum absolute atomic E-state index is 0.00918. The van der Waals surface area contributed by atoms with Crippen LogP contribution in [0.15, 0.2) is 114 Å². The zero-order chi connectivity index (χ0) is 46.0. The summed E-state index contributed by atoms with van der Waals surface area (Å²) >= 11 is 0. The van der Waals surface area contributed by atoms with Crippen molar-refractivity contribution in [2.75, 3.05) is 39.6 Å². The van der Waals surface area contributed by atoms with E-state index in [2.05, 4.69) is 12.6 Å². The number of hydrogen-bond acceptors (Lipinski definition) is 12. The molecular formula is C47H48F3O12S-. The third-order valence-corrected chi connectivity index (χ3v) is 9.28. The van der Waals surface area contributed by atoms with E-state index in [0.717, 1.165) is 33.4 Å². The molecule has 5 aromatic carbocycles. The molecule has 12 nitrogen and oxygen atoms in total. The molecule has 0 radical (unpaired) electrons. The van der Waals surface area contributed by atoms with E-state index in [1.54, 1.807) is 32.9 Å². The van der Waals surface area contributed by atoms with Gasteiger partial charge in [0.25, 0.3) is 5.95 Å². The summed E-state index contributed by atoms with van der Waals surface area (Å²) in [5.41, 5.74) is 4.21. The van der Waals surface area contributed by atoms with Gasteiger partial charge in [0.2, 0.25) is 5.82 Å². The lowest BCUT2D eigenvalue weighted by Gasteiger charge is -2.22. The van der Waals surface area contributed by atoms with Crippen LogP contribution < -0.4 is 18.9 Å². The van der Waals surface area contributed by atoms with Gasteiger partial charge in [-0.2, -0.15) is 4.39 Å². The first-order chi connectivity index (χ1) is 29.6. The van der Waals surface area contributed by atoms with Gasteiger partial charge >= 0.3 is 6.16 Å². The van der Waals surface area contributed by atoms with Gasteiger partial charge in [0.1, 0.15) is 78.2 Å². The molecule has 0 fully saturated rings. The molecule has 0 heterocycles. The van der Waals surface area contributed by atoms with Crippen LogP contribution in [-0.2, 0) is 29.1 Å². The Morgan fingerprint density at radius 3 is 1.32 bits per heavy atom. The normalized spacial score (nSPS) is 11.7. The smallest absolute Gasteiger partial charge is 0.508 e. The molecule has 0 aliphatic carbocycles. The van der Waals surface area contributed by atoms with Crippen molar-refractivity contribution < 1.29 is 68.8 Å². The predicted molar refractivity (Wildman–Crippen MR) is 227 cm³/mol. The number of rotatable bonds is 19. The van der Waals surface area contributed by atoms with E-state index in [4.69, 9.17) is 37.9 Å². The van der Waals surface area contributed by atoms with Crippen molar-refractivity contribution in [3.63, 3.8) is 0 Å². The Balaban J connectivity index is 1.29. The molecule has 0 amide bonds. The SMILES string of the molecule is C=C(OCCOc1ccc(-c2cc(-c3ccc(OCCOC(=O)OC(C)(C)C)cc3)cc(-c3ccc(OCCOc4c(F)cc(S(=O)(=O)[O-])c(F)c4F)cc3)c2)cc1)OC(C)(C)C. The van der Waals surface area contributed by atoms with Gasteiger partial charge in [-0.1, -0.05) is 36.4 Å². The molecule has 0 aromatic heterocycles. The Hall–Kier alpha value is -6.39. The van der Waals surface area contributed by atoms with Crippen LogP contribution in [-0.4, -0.2) is 70.0 Å². The quantitative estimate of drug-likeness (QED) is 0.0255. The fourth-order valence-electron chi connectivity index (χ4n) is 5.78. The highest BCUT2D eigenvalue weighted by atomic mass is 32.2. The summed E-state index contributed by atoms with van der Waals surface area (Å²) in [4.78, 5) is 10.2. The predicted octanol–water partition coefficient (Wildman–Crippen LogP) is 10.5. The molecule has 5 rings (SSSR count). The summed E-state index contributed by atoms with van der Waals surface area (Å²) in [6.07, 6.45) is -0.774. The van der Waals surface area contributed by atoms with Crippen molar-refractivity contribution >= 4 is 16.3 Å². The van der Waals surface area contributed by atoms with E-state index < -0.39 is 62.2 Å². The second-order valence-electron chi connectivity index (χ2n) is 15.8. The van der Waals surface area contributed by atoms with E-state index in [1.807, 2.05) is 93.6 Å². The standard InChI is InChI=1S/C47H49F3O12S/c1-30(61-46(2,3)4)55-20-21-56-37-14-8-31(9-15-37)34-26-35(28-36(27-34)33-12-18-39(19-13-33)58-23-25-60-45(51)62-47(5,6)7)32-10-16-38(17-11-32)57-22-24-59-44-40(48)29-41(63(52,53)54)42(49)43(44)50/h8-19,26-29H,1,20-25H2,2-7H3,(H,52,53,54)/p-1. The van der Waals surface area contributed by atoms with E-state index in [-0.39, 0.29) is 45.0 Å². The van der Waals surface area contributed by atoms with Gasteiger partial charge in [-0.3, -0.25) is 0 Å². The summed E-state index contributed by atoms with van der Waals surface area (Å²) in [5.74, 6) is -4.89. The van der Waals surface area contributed by atoms with Gasteiger partial charge in [0.15, 0.2) is 17.4 Å². The number of carbonyl (C=O) groups excluding carboxylic acids is 1. The van der Waals surface area contributed by atoms with Crippen molar-refractivity contribution in [3.05, 3.63) is 127 Å². The molecular weight excluding hydrogens is 846 g/mol. The molecule has 0 spiro atoms. The largest absolute Gasteiger partial charge is 0.744 e. The molecule has 0 unspecified atom stereocenters. The first kappa shape index (κ1) is 47.7. The molecule has 0 aliphatic rings. The van der Waals surface area contributed by atoms with Gasteiger partial charge in [-0.15, -0.1) is 0 Å². The van der Waals surface area contributed by atoms with Gasteiger partial charge in [-0.25, -0.2) is 22.0 Å². The molecule has 16 heteroatoms. The van der Waals surface area contributed by atoms with Gasteiger partial charge in [0, 0.05) is 0 Å². The number of halogens is 3. The van der Waals surface area contributed by atoms with Crippen LogP contribution in [0.25, 0.3) is 33.4 Å². The third kappa shape index (κ3) is 14.6. The molecule has 0 bridgehead atoms. The van der Waals surface area contributed by atoms with Crippen LogP contribution in [0.3, 0.4) is 0 Å². The maximum Gasteiger partial charge on any atom is 0.508 e. The fourth-order valence-corrected chi connectivity index (χ4v) is 6.34. The maximum absolute atomic E-state index is 14.3. The highest BCUT2D eigenvalue weighted by Gasteiger charge is 2.24. The molecule has 336 valence electrons. The van der Waals surface area contributed by atoms with Gasteiger partial charge in [0.05, 0.1) is 4.90 Å². The topological polar surface area (TPSA) is 148 Å². The average molecular weight is 894 g/mol. The maximum atomic E-state index is 14.3. The molecule has 0 atom stereocenters. The highest BCUT2D eigenvalue weighted by molar-refractivity contribution is 7.85. The summed E-state index contributed by atoms with van der Waals surface area (Å²) in [6.45, 7) is 14.7. The Bertz CT molecular complexity index is 2360. The summed E-state index contributed by atoms with van der Waals surface area (Å²) < 4.78 is 120.